The van der Waals surface area contributed by atoms with Crippen LogP contribution in [0.15, 0.2) is 30.3 Å². The van der Waals surface area contributed by atoms with Gasteiger partial charge in [0.2, 0.25) is 5.75 Å². The van der Waals surface area contributed by atoms with Crippen molar-refractivity contribution in [1.29, 1.82) is 0 Å². The fourth-order valence-corrected chi connectivity index (χ4v) is 2.87. The quantitative estimate of drug-likeness (QED) is 0.709. The molecule has 28 heavy (non-hydrogen) atoms. The third-order valence-corrected chi connectivity index (χ3v) is 4.66. The summed E-state index contributed by atoms with van der Waals surface area (Å²) in [7, 11) is 4.67. The second-order valence-electron chi connectivity index (χ2n) is 6.47. The number of rotatable bonds is 9. The molecule has 0 heterocycles. The molecule has 2 aromatic carbocycles. The van der Waals surface area contributed by atoms with Crippen LogP contribution in [0.5, 0.6) is 23.0 Å². The van der Waals surface area contributed by atoms with Crippen LogP contribution in [0, 0.1) is 13.8 Å². The van der Waals surface area contributed by atoms with Gasteiger partial charge in [0.05, 0.1) is 21.3 Å². The molecule has 0 aliphatic rings. The standard InChI is InChI=1S/C22H29NO5/c1-7-18(28-17-10-8-14(2)15(3)12-17)22(24)23-13-16-9-11-19(25-4)21(27-6)20(16)26-5/h8-12,18H,7,13H2,1-6H3,(H,23,24)/t18-/m0/s1. The monoisotopic (exact) mass is 387 g/mol. The van der Waals surface area contributed by atoms with Gasteiger partial charge in [0.1, 0.15) is 5.75 Å². The molecule has 6 nitrogen and oxygen atoms in total. The molecule has 0 aliphatic heterocycles. The molecule has 0 spiro atoms. The van der Waals surface area contributed by atoms with Gasteiger partial charge in [0, 0.05) is 12.1 Å². The number of aryl methyl sites for hydroxylation is 2. The Labute approximate surface area is 166 Å². The second-order valence-corrected chi connectivity index (χ2v) is 6.47. The lowest BCUT2D eigenvalue weighted by molar-refractivity contribution is -0.128. The zero-order chi connectivity index (χ0) is 20.7. The summed E-state index contributed by atoms with van der Waals surface area (Å²) in [6, 6.07) is 9.44. The predicted octanol–water partition coefficient (Wildman–Crippen LogP) is 3.80. The molecular formula is C22H29NO5. The van der Waals surface area contributed by atoms with Gasteiger partial charge in [0.15, 0.2) is 17.6 Å². The smallest absolute Gasteiger partial charge is 0.261 e. The third kappa shape index (κ3) is 4.88. The van der Waals surface area contributed by atoms with E-state index in [1.54, 1.807) is 27.4 Å². The van der Waals surface area contributed by atoms with Crippen molar-refractivity contribution in [2.75, 3.05) is 21.3 Å². The highest BCUT2D eigenvalue weighted by Crippen LogP contribution is 2.39. The Morgan fingerprint density at radius 3 is 2.25 bits per heavy atom. The molecule has 0 aliphatic carbocycles. The SMILES string of the molecule is CC[C@H](Oc1ccc(C)c(C)c1)C(=O)NCc1ccc(OC)c(OC)c1OC. The molecular weight excluding hydrogens is 358 g/mol. The zero-order valence-electron chi connectivity index (χ0n) is 17.4. The van der Waals surface area contributed by atoms with E-state index >= 15 is 0 Å². The van der Waals surface area contributed by atoms with Gasteiger partial charge in [-0.25, -0.2) is 0 Å². The summed E-state index contributed by atoms with van der Waals surface area (Å²) in [4.78, 5) is 12.6. The highest BCUT2D eigenvalue weighted by molar-refractivity contribution is 5.81. The van der Waals surface area contributed by atoms with Crippen LogP contribution < -0.4 is 24.3 Å². The number of ether oxygens (including phenoxy) is 4. The summed E-state index contributed by atoms with van der Waals surface area (Å²) in [5, 5.41) is 2.92. The van der Waals surface area contributed by atoms with E-state index in [1.165, 1.54) is 5.56 Å². The molecule has 2 aromatic rings. The summed E-state index contributed by atoms with van der Waals surface area (Å²) in [5.41, 5.74) is 3.10. The van der Waals surface area contributed by atoms with Gasteiger partial charge in [-0.3, -0.25) is 4.79 Å². The van der Waals surface area contributed by atoms with Crippen LogP contribution in [0.25, 0.3) is 0 Å². The lowest BCUT2D eigenvalue weighted by atomic mass is 10.1. The number of hydrogen-bond acceptors (Lipinski definition) is 5. The molecule has 0 aromatic heterocycles. The maximum atomic E-state index is 12.6. The fraction of sp³-hybridized carbons (Fsp3) is 0.409. The van der Waals surface area contributed by atoms with Gasteiger partial charge in [-0.05, 0) is 55.7 Å². The molecule has 0 saturated heterocycles. The van der Waals surface area contributed by atoms with Crippen molar-refractivity contribution in [2.24, 2.45) is 0 Å². The van der Waals surface area contributed by atoms with Crippen molar-refractivity contribution in [1.82, 2.24) is 5.32 Å². The van der Waals surface area contributed by atoms with E-state index in [2.05, 4.69) is 5.32 Å². The van der Waals surface area contributed by atoms with E-state index in [0.29, 0.717) is 29.4 Å². The van der Waals surface area contributed by atoms with Crippen LogP contribution in [0.2, 0.25) is 0 Å². The molecule has 0 saturated carbocycles. The highest BCUT2D eigenvalue weighted by atomic mass is 16.5. The molecule has 1 N–H and O–H groups in total. The number of carbonyl (C=O) groups excluding carboxylic acids is 1. The number of hydrogen-bond donors (Lipinski definition) is 1. The second kappa shape index (κ2) is 9.88. The Bertz CT molecular complexity index is 819. The molecule has 0 radical (unpaired) electrons. The van der Waals surface area contributed by atoms with E-state index in [9.17, 15) is 4.79 Å². The van der Waals surface area contributed by atoms with Crippen LogP contribution in [0.4, 0.5) is 0 Å². The topological polar surface area (TPSA) is 66.0 Å². The highest BCUT2D eigenvalue weighted by Gasteiger charge is 2.20. The van der Waals surface area contributed by atoms with Crippen LogP contribution in [-0.2, 0) is 11.3 Å². The third-order valence-electron chi connectivity index (χ3n) is 4.66. The minimum atomic E-state index is -0.576. The first-order valence-corrected chi connectivity index (χ1v) is 9.24. The first-order valence-electron chi connectivity index (χ1n) is 9.24. The molecule has 0 fully saturated rings. The van der Waals surface area contributed by atoms with Crippen molar-refractivity contribution in [3.05, 3.63) is 47.0 Å². The molecule has 152 valence electrons. The van der Waals surface area contributed by atoms with Crippen molar-refractivity contribution >= 4 is 5.91 Å². The van der Waals surface area contributed by atoms with Gasteiger partial charge in [-0.1, -0.05) is 13.0 Å². The van der Waals surface area contributed by atoms with E-state index in [0.717, 1.165) is 11.1 Å². The first kappa shape index (κ1) is 21.4. The first-order chi connectivity index (χ1) is 13.4. The zero-order valence-corrected chi connectivity index (χ0v) is 17.4. The van der Waals surface area contributed by atoms with Crippen molar-refractivity contribution in [3.8, 4) is 23.0 Å². The van der Waals surface area contributed by atoms with E-state index in [1.807, 2.05) is 45.0 Å². The summed E-state index contributed by atoms with van der Waals surface area (Å²) in [6.45, 7) is 6.27. The average Bonchev–Trinajstić information content (AvgIpc) is 2.71. The summed E-state index contributed by atoms with van der Waals surface area (Å²) >= 11 is 0. The van der Waals surface area contributed by atoms with Gasteiger partial charge < -0.3 is 24.3 Å². The van der Waals surface area contributed by atoms with E-state index in [-0.39, 0.29) is 12.5 Å². The Kier molecular flexibility index (Phi) is 7.55. The van der Waals surface area contributed by atoms with E-state index in [4.69, 9.17) is 18.9 Å². The predicted molar refractivity (Wildman–Crippen MR) is 109 cm³/mol. The minimum Gasteiger partial charge on any atom is -0.493 e. The van der Waals surface area contributed by atoms with E-state index < -0.39 is 6.10 Å². The molecule has 6 heteroatoms. The summed E-state index contributed by atoms with van der Waals surface area (Å²) < 4.78 is 22.0. The van der Waals surface area contributed by atoms with Crippen LogP contribution >= 0.6 is 0 Å². The fourth-order valence-electron chi connectivity index (χ4n) is 2.87. The van der Waals surface area contributed by atoms with Gasteiger partial charge >= 0.3 is 0 Å². The number of nitrogens with one attached hydrogen (secondary N) is 1. The lowest BCUT2D eigenvalue weighted by Crippen LogP contribution is -2.37. The maximum absolute atomic E-state index is 12.6. The number of amides is 1. The number of benzene rings is 2. The van der Waals surface area contributed by atoms with Gasteiger partial charge in [-0.15, -0.1) is 0 Å². The minimum absolute atomic E-state index is 0.183. The summed E-state index contributed by atoms with van der Waals surface area (Å²) in [5.74, 6) is 2.10. The van der Waals surface area contributed by atoms with Gasteiger partial charge in [-0.2, -0.15) is 0 Å². The normalized spacial score (nSPS) is 11.5. The maximum Gasteiger partial charge on any atom is 0.261 e. The van der Waals surface area contributed by atoms with Crippen molar-refractivity contribution in [2.45, 2.75) is 39.8 Å². The van der Waals surface area contributed by atoms with Crippen LogP contribution in [0.1, 0.15) is 30.0 Å². The van der Waals surface area contributed by atoms with Crippen molar-refractivity contribution in [3.63, 3.8) is 0 Å². The molecule has 0 unspecified atom stereocenters. The lowest BCUT2D eigenvalue weighted by Gasteiger charge is -2.19. The average molecular weight is 387 g/mol. The van der Waals surface area contributed by atoms with Gasteiger partial charge in [0.25, 0.3) is 5.91 Å². The van der Waals surface area contributed by atoms with Crippen LogP contribution in [0.3, 0.4) is 0 Å². The largest absolute Gasteiger partial charge is 0.493 e. The van der Waals surface area contributed by atoms with Crippen LogP contribution in [-0.4, -0.2) is 33.3 Å². The Morgan fingerprint density at radius 2 is 1.68 bits per heavy atom. The van der Waals surface area contributed by atoms with Crippen molar-refractivity contribution < 1.29 is 23.7 Å². The Morgan fingerprint density at radius 1 is 0.964 bits per heavy atom. The number of carbonyl (C=O) groups is 1. The Balaban J connectivity index is 2.10. The molecule has 2 rings (SSSR count). The Hall–Kier alpha value is -2.89. The molecule has 1 amide bonds. The number of methoxy groups -OCH3 is 3. The molecule has 1 atom stereocenters. The summed E-state index contributed by atoms with van der Waals surface area (Å²) in [6.07, 6.45) is -0.0183. The molecule has 0 bridgehead atoms.